The number of thiophene rings is 1. The van der Waals surface area contributed by atoms with E-state index in [4.69, 9.17) is 0 Å². The molecule has 1 heterocycles. The van der Waals surface area contributed by atoms with Gasteiger partial charge in [0.2, 0.25) is 0 Å². The summed E-state index contributed by atoms with van der Waals surface area (Å²) in [5.41, 5.74) is -0.384. The van der Waals surface area contributed by atoms with E-state index in [0.717, 1.165) is 8.66 Å². The molecule has 2 rings (SSSR count). The molecule has 0 amide bonds. The van der Waals surface area contributed by atoms with Gasteiger partial charge in [0.15, 0.2) is 0 Å². The van der Waals surface area contributed by atoms with Crippen molar-refractivity contribution in [2.45, 2.75) is 25.4 Å². The van der Waals surface area contributed by atoms with Gasteiger partial charge in [0.25, 0.3) is 0 Å². The lowest BCUT2D eigenvalue weighted by atomic mass is 9.92. The number of aliphatic hydroxyl groups is 1. The molecular formula is C14H14BrFOS. The Hall–Kier alpha value is -0.710. The van der Waals surface area contributed by atoms with Crippen molar-refractivity contribution in [3.05, 3.63) is 56.4 Å². The number of hydrogen-bond acceptors (Lipinski definition) is 2. The van der Waals surface area contributed by atoms with Crippen LogP contribution in [-0.2, 0) is 12.8 Å². The van der Waals surface area contributed by atoms with Gasteiger partial charge >= 0.3 is 0 Å². The third-order valence-corrected chi connectivity index (χ3v) is 4.34. The lowest BCUT2D eigenvalue weighted by Crippen LogP contribution is -2.30. The Morgan fingerprint density at radius 3 is 2.56 bits per heavy atom. The number of benzene rings is 1. The smallest absolute Gasteiger partial charge is 0.126 e. The Balaban J connectivity index is 2.10. The van der Waals surface area contributed by atoms with Crippen LogP contribution in [-0.4, -0.2) is 10.7 Å². The van der Waals surface area contributed by atoms with Gasteiger partial charge in [-0.25, -0.2) is 4.39 Å². The molecule has 0 bridgehead atoms. The summed E-state index contributed by atoms with van der Waals surface area (Å²) in [6.45, 7) is 1.74. The minimum Gasteiger partial charge on any atom is -0.389 e. The monoisotopic (exact) mass is 328 g/mol. The van der Waals surface area contributed by atoms with Crippen molar-refractivity contribution in [1.29, 1.82) is 0 Å². The Bertz CT molecular complexity index is 536. The van der Waals surface area contributed by atoms with Crippen molar-refractivity contribution in [2.75, 3.05) is 0 Å². The summed E-state index contributed by atoms with van der Waals surface area (Å²) >= 11 is 4.99. The molecule has 1 aromatic heterocycles. The maximum Gasteiger partial charge on any atom is 0.126 e. The van der Waals surface area contributed by atoms with E-state index < -0.39 is 5.60 Å². The third kappa shape index (κ3) is 3.64. The Kier molecular flexibility index (Phi) is 4.20. The summed E-state index contributed by atoms with van der Waals surface area (Å²) in [5.74, 6) is -0.259. The molecule has 1 atom stereocenters. The Labute approximate surface area is 118 Å². The average Bonchev–Trinajstić information content (AvgIpc) is 2.66. The molecule has 0 aliphatic carbocycles. The molecule has 18 heavy (non-hydrogen) atoms. The van der Waals surface area contributed by atoms with Crippen molar-refractivity contribution in [3.8, 4) is 0 Å². The van der Waals surface area contributed by atoms with Crippen molar-refractivity contribution in [1.82, 2.24) is 0 Å². The van der Waals surface area contributed by atoms with Crippen LogP contribution in [0.5, 0.6) is 0 Å². The van der Waals surface area contributed by atoms with E-state index in [0.29, 0.717) is 18.4 Å². The standard InChI is InChI=1S/C14H14BrFOS/c1-14(17,9-11-6-7-13(15)18-11)8-10-4-2-3-5-12(10)16/h2-7,17H,8-9H2,1H3. The molecule has 4 heteroatoms. The summed E-state index contributed by atoms with van der Waals surface area (Å²) in [7, 11) is 0. The zero-order valence-electron chi connectivity index (χ0n) is 9.99. The Morgan fingerprint density at radius 2 is 1.94 bits per heavy atom. The highest BCUT2D eigenvalue weighted by Gasteiger charge is 2.23. The van der Waals surface area contributed by atoms with Crippen molar-refractivity contribution < 1.29 is 9.50 Å². The third-order valence-electron chi connectivity index (χ3n) is 2.71. The maximum atomic E-state index is 13.5. The van der Waals surface area contributed by atoms with Gasteiger partial charge in [-0.3, -0.25) is 0 Å². The minimum atomic E-state index is -0.938. The van der Waals surface area contributed by atoms with E-state index in [1.54, 1.807) is 36.5 Å². The minimum absolute atomic E-state index is 0.259. The predicted octanol–water partition coefficient (Wildman–Crippen LogP) is 4.19. The lowest BCUT2D eigenvalue weighted by molar-refractivity contribution is 0.0607. The van der Waals surface area contributed by atoms with Gasteiger partial charge in [0.1, 0.15) is 5.82 Å². The lowest BCUT2D eigenvalue weighted by Gasteiger charge is -2.23. The highest BCUT2D eigenvalue weighted by Crippen LogP contribution is 2.27. The van der Waals surface area contributed by atoms with Crippen LogP contribution in [0.2, 0.25) is 0 Å². The van der Waals surface area contributed by atoms with Gasteiger partial charge in [-0.05, 0) is 46.6 Å². The van der Waals surface area contributed by atoms with E-state index in [1.807, 2.05) is 12.1 Å². The highest BCUT2D eigenvalue weighted by atomic mass is 79.9. The fraction of sp³-hybridized carbons (Fsp3) is 0.286. The van der Waals surface area contributed by atoms with E-state index in [2.05, 4.69) is 15.9 Å². The number of hydrogen-bond donors (Lipinski definition) is 1. The van der Waals surface area contributed by atoms with Crippen LogP contribution >= 0.6 is 27.3 Å². The summed E-state index contributed by atoms with van der Waals surface area (Å²) in [5, 5.41) is 10.4. The molecule has 0 aliphatic rings. The van der Waals surface area contributed by atoms with E-state index in [1.165, 1.54) is 6.07 Å². The van der Waals surface area contributed by atoms with Gasteiger partial charge in [-0.1, -0.05) is 18.2 Å². The average molecular weight is 329 g/mol. The number of rotatable bonds is 4. The first kappa shape index (κ1) is 13.7. The molecule has 0 saturated carbocycles. The van der Waals surface area contributed by atoms with E-state index in [-0.39, 0.29) is 5.82 Å². The van der Waals surface area contributed by atoms with Crippen molar-refractivity contribution in [2.24, 2.45) is 0 Å². The molecule has 1 N–H and O–H groups in total. The molecule has 0 saturated heterocycles. The molecule has 0 fully saturated rings. The van der Waals surface area contributed by atoms with Crippen molar-refractivity contribution >= 4 is 27.3 Å². The van der Waals surface area contributed by atoms with Crippen LogP contribution in [0.1, 0.15) is 17.4 Å². The first-order valence-electron chi connectivity index (χ1n) is 5.66. The SMILES string of the molecule is CC(O)(Cc1ccc(Br)s1)Cc1ccccc1F. The molecule has 0 spiro atoms. The van der Waals surface area contributed by atoms with Crippen molar-refractivity contribution in [3.63, 3.8) is 0 Å². The largest absolute Gasteiger partial charge is 0.389 e. The molecular weight excluding hydrogens is 315 g/mol. The van der Waals surface area contributed by atoms with E-state index in [9.17, 15) is 9.50 Å². The number of halogens is 2. The van der Waals surface area contributed by atoms with Crippen LogP contribution in [0, 0.1) is 5.82 Å². The zero-order valence-corrected chi connectivity index (χ0v) is 12.4. The second-order valence-electron chi connectivity index (χ2n) is 4.65. The van der Waals surface area contributed by atoms with Crippen LogP contribution in [0.3, 0.4) is 0 Å². The van der Waals surface area contributed by atoms with Gasteiger partial charge in [-0.15, -0.1) is 11.3 Å². The molecule has 0 aliphatic heterocycles. The van der Waals surface area contributed by atoms with E-state index >= 15 is 0 Å². The quantitative estimate of drug-likeness (QED) is 0.892. The second-order valence-corrected chi connectivity index (χ2v) is 7.20. The zero-order chi connectivity index (χ0) is 13.2. The van der Waals surface area contributed by atoms with Crippen LogP contribution in [0.25, 0.3) is 0 Å². The van der Waals surface area contributed by atoms with Crippen LogP contribution in [0.15, 0.2) is 40.2 Å². The molecule has 0 radical (unpaired) electrons. The second kappa shape index (κ2) is 5.51. The summed E-state index contributed by atoms with van der Waals surface area (Å²) in [6.07, 6.45) is 0.840. The predicted molar refractivity (Wildman–Crippen MR) is 76.5 cm³/mol. The summed E-state index contributed by atoms with van der Waals surface area (Å²) in [6, 6.07) is 10.5. The summed E-state index contributed by atoms with van der Waals surface area (Å²) in [4.78, 5) is 1.09. The van der Waals surface area contributed by atoms with Gasteiger partial charge < -0.3 is 5.11 Å². The summed E-state index contributed by atoms with van der Waals surface area (Å²) < 4.78 is 14.6. The van der Waals surface area contributed by atoms with Crippen LogP contribution in [0.4, 0.5) is 4.39 Å². The highest BCUT2D eigenvalue weighted by molar-refractivity contribution is 9.11. The fourth-order valence-corrected chi connectivity index (χ4v) is 3.60. The molecule has 96 valence electrons. The van der Waals surface area contributed by atoms with Gasteiger partial charge in [0.05, 0.1) is 9.39 Å². The Morgan fingerprint density at radius 1 is 1.22 bits per heavy atom. The molecule has 1 unspecified atom stereocenters. The first-order chi connectivity index (χ1) is 8.46. The maximum absolute atomic E-state index is 13.5. The van der Waals surface area contributed by atoms with Crippen LogP contribution < -0.4 is 0 Å². The molecule has 2 aromatic rings. The topological polar surface area (TPSA) is 20.2 Å². The first-order valence-corrected chi connectivity index (χ1v) is 7.27. The normalized spacial score (nSPS) is 14.4. The van der Waals surface area contributed by atoms with Gasteiger partial charge in [-0.2, -0.15) is 0 Å². The molecule has 1 nitrogen and oxygen atoms in total. The fourth-order valence-electron chi connectivity index (χ4n) is 1.94. The van der Waals surface area contributed by atoms with Gasteiger partial charge in [0, 0.05) is 17.7 Å². The molecule has 1 aromatic carbocycles.